The Morgan fingerprint density at radius 1 is 1.48 bits per heavy atom. The molecule has 1 amide bonds. The number of hydroxylamine groups is 1. The molecule has 0 saturated carbocycles. The van der Waals surface area contributed by atoms with Crippen LogP contribution < -0.4 is 11.0 Å². The summed E-state index contributed by atoms with van der Waals surface area (Å²) in [5, 5.41) is 0. The van der Waals surface area contributed by atoms with Crippen LogP contribution in [0.25, 0.3) is 15.2 Å². The molecule has 0 atom stereocenters. The van der Waals surface area contributed by atoms with E-state index in [2.05, 4.69) is 17.0 Å². The summed E-state index contributed by atoms with van der Waals surface area (Å²) in [6.45, 7) is 3.62. The molecule has 0 aliphatic carbocycles. The van der Waals surface area contributed by atoms with Crippen LogP contribution in [0, 0.1) is 0 Å². The number of hydrogen-bond acceptors (Lipinski definition) is 5. The van der Waals surface area contributed by atoms with Crippen LogP contribution in [0.4, 0.5) is 0 Å². The van der Waals surface area contributed by atoms with Gasteiger partial charge in [-0.2, -0.15) is 0 Å². The summed E-state index contributed by atoms with van der Waals surface area (Å²) in [5.41, 5.74) is 2.43. The number of benzene rings is 1. The Morgan fingerprint density at radius 3 is 3.10 bits per heavy atom. The average Bonchev–Trinajstić information content (AvgIpc) is 2.87. The second-order valence-electron chi connectivity index (χ2n) is 4.20. The first-order valence-electron chi connectivity index (χ1n) is 6.14. The third-order valence-electron chi connectivity index (χ3n) is 2.85. The highest BCUT2D eigenvalue weighted by atomic mass is 32.1. The summed E-state index contributed by atoms with van der Waals surface area (Å²) in [5.74, 6) is -0.626. The predicted octanol–water partition coefficient (Wildman–Crippen LogP) is 1.76. The van der Waals surface area contributed by atoms with Crippen molar-refractivity contribution in [3.63, 3.8) is 0 Å². The zero-order valence-corrected chi connectivity index (χ0v) is 11.7. The van der Waals surface area contributed by atoms with Crippen molar-refractivity contribution in [2.45, 2.75) is 0 Å². The smallest absolute Gasteiger partial charge is 0.269 e. The maximum Gasteiger partial charge on any atom is 0.282 e. The zero-order chi connectivity index (χ0) is 14.8. The van der Waals surface area contributed by atoms with E-state index in [9.17, 15) is 9.59 Å². The quantitative estimate of drug-likeness (QED) is 0.453. The number of para-hydroxylation sites is 1. The zero-order valence-electron chi connectivity index (χ0n) is 10.9. The van der Waals surface area contributed by atoms with E-state index in [-0.39, 0.29) is 12.2 Å². The van der Waals surface area contributed by atoms with Gasteiger partial charge in [-0.05, 0) is 12.1 Å². The van der Waals surface area contributed by atoms with Gasteiger partial charge >= 0.3 is 0 Å². The minimum absolute atomic E-state index is 0.0693. The highest BCUT2D eigenvalue weighted by Gasteiger charge is 2.16. The fourth-order valence-corrected chi connectivity index (χ4v) is 2.91. The molecule has 2 aromatic heterocycles. The fraction of sp³-hybridized carbons (Fsp3) is 0.0714. The Bertz CT molecular complexity index is 897. The Morgan fingerprint density at radius 2 is 2.29 bits per heavy atom. The highest BCUT2D eigenvalue weighted by Crippen LogP contribution is 2.23. The molecule has 0 unspecified atom stereocenters. The molecule has 0 saturated heterocycles. The summed E-state index contributed by atoms with van der Waals surface area (Å²) in [6.07, 6.45) is 2.75. The topological polar surface area (TPSA) is 72.7 Å². The van der Waals surface area contributed by atoms with Gasteiger partial charge in [0.2, 0.25) is 0 Å². The van der Waals surface area contributed by atoms with Crippen molar-refractivity contribution in [3.05, 3.63) is 59.0 Å². The number of hydrogen-bond donors (Lipinski definition) is 1. The molecule has 106 valence electrons. The van der Waals surface area contributed by atoms with Crippen molar-refractivity contribution in [2.24, 2.45) is 0 Å². The Hall–Kier alpha value is -2.51. The van der Waals surface area contributed by atoms with Crippen LogP contribution in [0.15, 0.2) is 47.9 Å². The first kappa shape index (κ1) is 13.5. The number of amides is 1. The third kappa shape index (κ3) is 2.32. The average molecular weight is 301 g/mol. The summed E-state index contributed by atoms with van der Waals surface area (Å²) in [6, 6.07) is 7.44. The molecule has 1 aromatic carbocycles. The number of nitrogens with zero attached hydrogens (tertiary/aromatic N) is 2. The first-order chi connectivity index (χ1) is 10.2. The van der Waals surface area contributed by atoms with Gasteiger partial charge in [-0.25, -0.2) is 10.5 Å². The van der Waals surface area contributed by atoms with Gasteiger partial charge in [0.15, 0.2) is 4.96 Å². The lowest BCUT2D eigenvalue weighted by molar-refractivity contribution is 0.0419. The third-order valence-corrected chi connectivity index (χ3v) is 3.88. The molecule has 0 radical (unpaired) electrons. The van der Waals surface area contributed by atoms with Crippen LogP contribution in [0.5, 0.6) is 0 Å². The van der Waals surface area contributed by atoms with Crippen molar-refractivity contribution in [2.75, 3.05) is 6.61 Å². The van der Waals surface area contributed by atoms with Crippen molar-refractivity contribution in [3.8, 4) is 0 Å². The standard InChI is InChI=1S/C14H11N3O3S/c1-2-7-20-16-12(18)9-8-15-14-17(13(9)19)10-5-3-4-6-11(10)21-14/h2-6,8H,1,7H2,(H,16,18). The van der Waals surface area contributed by atoms with Crippen LogP contribution in [0.2, 0.25) is 0 Å². The van der Waals surface area contributed by atoms with E-state index in [1.165, 1.54) is 28.0 Å². The Labute approximate surface area is 123 Å². The van der Waals surface area contributed by atoms with Crippen LogP contribution in [0.1, 0.15) is 10.4 Å². The molecule has 0 aliphatic rings. The van der Waals surface area contributed by atoms with Gasteiger partial charge in [0.25, 0.3) is 11.5 Å². The van der Waals surface area contributed by atoms with E-state index >= 15 is 0 Å². The lowest BCUT2D eigenvalue weighted by Gasteiger charge is -2.03. The molecule has 1 N–H and O–H groups in total. The number of aromatic nitrogens is 2. The van der Waals surface area contributed by atoms with Gasteiger partial charge in [0.1, 0.15) is 5.56 Å². The lowest BCUT2D eigenvalue weighted by Crippen LogP contribution is -2.31. The Balaban J connectivity index is 2.11. The summed E-state index contributed by atoms with van der Waals surface area (Å²) < 4.78 is 2.37. The molecule has 7 heteroatoms. The Kier molecular flexibility index (Phi) is 3.51. The minimum Gasteiger partial charge on any atom is -0.269 e. The van der Waals surface area contributed by atoms with Crippen LogP contribution in [0.3, 0.4) is 0 Å². The highest BCUT2D eigenvalue weighted by molar-refractivity contribution is 7.23. The van der Waals surface area contributed by atoms with Gasteiger partial charge in [-0.15, -0.1) is 6.58 Å². The number of carbonyl (C=O) groups excluding carboxylic acids is 1. The number of rotatable bonds is 4. The number of fused-ring (bicyclic) bond motifs is 3. The molecular formula is C14H11N3O3S. The van der Waals surface area contributed by atoms with Crippen LogP contribution in [-0.2, 0) is 4.84 Å². The molecule has 3 aromatic rings. The first-order valence-corrected chi connectivity index (χ1v) is 6.96. The largest absolute Gasteiger partial charge is 0.282 e. The second-order valence-corrected chi connectivity index (χ2v) is 5.20. The molecule has 3 rings (SSSR count). The van der Waals surface area contributed by atoms with Crippen LogP contribution >= 0.6 is 11.3 Å². The van der Waals surface area contributed by atoms with Crippen molar-refractivity contribution in [1.29, 1.82) is 0 Å². The van der Waals surface area contributed by atoms with E-state index in [0.29, 0.717) is 4.96 Å². The molecule has 0 fully saturated rings. The van der Waals surface area contributed by atoms with Gasteiger partial charge in [0, 0.05) is 6.20 Å². The number of thiazole rings is 1. The number of nitrogens with one attached hydrogen (secondary N) is 1. The van der Waals surface area contributed by atoms with Gasteiger partial charge in [-0.3, -0.25) is 18.8 Å². The minimum atomic E-state index is -0.626. The van der Waals surface area contributed by atoms with E-state index in [0.717, 1.165) is 10.2 Å². The van der Waals surface area contributed by atoms with Gasteiger partial charge < -0.3 is 0 Å². The summed E-state index contributed by atoms with van der Waals surface area (Å²) in [7, 11) is 0. The second kappa shape index (κ2) is 5.47. The molecule has 6 nitrogen and oxygen atoms in total. The SMILES string of the molecule is C=CCONC(=O)c1cnc2sc3ccccc3n2c1=O. The van der Waals surface area contributed by atoms with Gasteiger partial charge in [-0.1, -0.05) is 29.5 Å². The molecule has 0 bridgehead atoms. The fourth-order valence-electron chi connectivity index (χ4n) is 1.93. The van der Waals surface area contributed by atoms with E-state index < -0.39 is 11.5 Å². The van der Waals surface area contributed by atoms with E-state index in [4.69, 9.17) is 4.84 Å². The van der Waals surface area contributed by atoms with Gasteiger partial charge in [0.05, 0.1) is 16.8 Å². The lowest BCUT2D eigenvalue weighted by atomic mass is 10.3. The normalized spacial score (nSPS) is 10.9. The van der Waals surface area contributed by atoms with Crippen molar-refractivity contribution < 1.29 is 9.63 Å². The maximum absolute atomic E-state index is 12.5. The van der Waals surface area contributed by atoms with Crippen LogP contribution in [-0.4, -0.2) is 21.9 Å². The van der Waals surface area contributed by atoms with Crippen molar-refractivity contribution >= 4 is 32.4 Å². The maximum atomic E-state index is 12.5. The van der Waals surface area contributed by atoms with Crippen molar-refractivity contribution in [1.82, 2.24) is 14.9 Å². The summed E-state index contributed by atoms with van der Waals surface area (Å²) >= 11 is 1.39. The molecule has 0 aliphatic heterocycles. The van der Waals surface area contributed by atoms with E-state index in [1.807, 2.05) is 24.3 Å². The van der Waals surface area contributed by atoms with E-state index in [1.54, 1.807) is 0 Å². The summed E-state index contributed by atoms with van der Waals surface area (Å²) in [4.78, 5) is 34.0. The molecule has 0 spiro atoms. The predicted molar refractivity (Wildman–Crippen MR) is 80.5 cm³/mol. The monoisotopic (exact) mass is 301 g/mol. The molecule has 21 heavy (non-hydrogen) atoms. The number of carbonyl (C=O) groups is 1. The molecular weight excluding hydrogens is 290 g/mol. The molecule has 2 heterocycles.